The maximum atomic E-state index is 12.0. The van der Waals surface area contributed by atoms with Gasteiger partial charge in [0, 0.05) is 24.8 Å². The van der Waals surface area contributed by atoms with Gasteiger partial charge in [-0.3, -0.25) is 9.69 Å². The Hall–Kier alpha value is -1.10. The van der Waals surface area contributed by atoms with Crippen LogP contribution in [0.1, 0.15) is 25.3 Å². The van der Waals surface area contributed by atoms with Crippen LogP contribution in [0.4, 0.5) is 5.69 Å². The molecule has 1 aliphatic heterocycles. The summed E-state index contributed by atoms with van der Waals surface area (Å²) in [5.41, 5.74) is 7.97. The second kappa shape index (κ2) is 8.25. The first-order valence-corrected chi connectivity index (χ1v) is 7.04. The van der Waals surface area contributed by atoms with Crippen molar-refractivity contribution < 1.29 is 4.79 Å². The molecular weight excluding hydrogens is 274 g/mol. The zero-order valence-corrected chi connectivity index (χ0v) is 12.8. The minimum Gasteiger partial charge on any atom is -0.328 e. The van der Waals surface area contributed by atoms with Crippen molar-refractivity contribution in [3.63, 3.8) is 0 Å². The number of anilines is 1. The van der Waals surface area contributed by atoms with E-state index < -0.39 is 0 Å². The molecule has 4 nitrogen and oxygen atoms in total. The fourth-order valence-electron chi connectivity index (χ4n) is 2.45. The lowest BCUT2D eigenvalue weighted by Gasteiger charge is -2.29. The van der Waals surface area contributed by atoms with Crippen LogP contribution in [0.5, 0.6) is 0 Å². The molecule has 5 heteroatoms. The van der Waals surface area contributed by atoms with Crippen molar-refractivity contribution in [1.82, 2.24) is 4.90 Å². The lowest BCUT2D eigenvalue weighted by molar-refractivity contribution is -0.117. The van der Waals surface area contributed by atoms with Gasteiger partial charge in [-0.2, -0.15) is 0 Å². The molecule has 1 fully saturated rings. The van der Waals surface area contributed by atoms with E-state index in [0.29, 0.717) is 12.6 Å². The molecule has 1 saturated heterocycles. The number of nitrogens with zero attached hydrogens (tertiary/aromatic N) is 1. The van der Waals surface area contributed by atoms with Gasteiger partial charge in [-0.1, -0.05) is 25.1 Å². The third kappa shape index (κ3) is 4.78. The van der Waals surface area contributed by atoms with Crippen molar-refractivity contribution >= 4 is 24.0 Å². The van der Waals surface area contributed by atoms with Crippen LogP contribution in [0, 0.1) is 0 Å². The standard InChI is InChI=1S/C15H23N3O.ClH/c1-2-12-5-3-4-6-14(12)17-15(19)11-18-9-7-13(16)8-10-18;/h3-6,13H,2,7-11,16H2,1H3,(H,17,19);1H. The van der Waals surface area contributed by atoms with Gasteiger partial charge in [0.1, 0.15) is 0 Å². The van der Waals surface area contributed by atoms with E-state index in [2.05, 4.69) is 23.2 Å². The summed E-state index contributed by atoms with van der Waals surface area (Å²) < 4.78 is 0. The van der Waals surface area contributed by atoms with Crippen molar-refractivity contribution in [2.24, 2.45) is 5.73 Å². The summed E-state index contributed by atoms with van der Waals surface area (Å²) in [6, 6.07) is 8.27. The number of rotatable bonds is 4. The molecule has 1 aliphatic rings. The molecule has 0 aromatic heterocycles. The Bertz CT molecular complexity index is 431. The number of aryl methyl sites for hydroxylation is 1. The molecule has 112 valence electrons. The summed E-state index contributed by atoms with van der Waals surface area (Å²) in [4.78, 5) is 14.2. The highest BCUT2D eigenvalue weighted by atomic mass is 35.5. The van der Waals surface area contributed by atoms with Gasteiger partial charge in [-0.25, -0.2) is 0 Å². The first-order valence-electron chi connectivity index (χ1n) is 7.04. The van der Waals surface area contributed by atoms with Crippen molar-refractivity contribution in [3.8, 4) is 0 Å². The lowest BCUT2D eigenvalue weighted by atomic mass is 10.1. The summed E-state index contributed by atoms with van der Waals surface area (Å²) in [7, 11) is 0. The van der Waals surface area contributed by atoms with Gasteiger partial charge < -0.3 is 11.1 Å². The average Bonchev–Trinajstić information content (AvgIpc) is 2.42. The van der Waals surface area contributed by atoms with Crippen molar-refractivity contribution in [1.29, 1.82) is 0 Å². The fraction of sp³-hybridized carbons (Fsp3) is 0.533. The number of carbonyl (C=O) groups excluding carboxylic acids is 1. The number of hydrogen-bond acceptors (Lipinski definition) is 3. The molecule has 0 aliphatic carbocycles. The molecule has 1 aromatic rings. The smallest absolute Gasteiger partial charge is 0.238 e. The largest absolute Gasteiger partial charge is 0.328 e. The van der Waals surface area contributed by atoms with Crippen LogP contribution >= 0.6 is 12.4 Å². The normalized spacial score (nSPS) is 16.5. The highest BCUT2D eigenvalue weighted by Crippen LogP contribution is 2.15. The SMILES string of the molecule is CCc1ccccc1NC(=O)CN1CCC(N)CC1.Cl. The molecule has 0 radical (unpaired) electrons. The Labute approximate surface area is 127 Å². The maximum absolute atomic E-state index is 12.0. The highest BCUT2D eigenvalue weighted by Gasteiger charge is 2.18. The van der Waals surface area contributed by atoms with E-state index in [9.17, 15) is 4.79 Å². The van der Waals surface area contributed by atoms with Gasteiger partial charge >= 0.3 is 0 Å². The topological polar surface area (TPSA) is 58.4 Å². The zero-order valence-electron chi connectivity index (χ0n) is 12.0. The van der Waals surface area contributed by atoms with Crippen molar-refractivity contribution in [3.05, 3.63) is 29.8 Å². The third-order valence-electron chi connectivity index (χ3n) is 3.67. The number of halogens is 1. The molecule has 1 heterocycles. The van der Waals surface area contributed by atoms with E-state index in [-0.39, 0.29) is 18.3 Å². The zero-order chi connectivity index (χ0) is 13.7. The molecule has 0 atom stereocenters. The van der Waals surface area contributed by atoms with Crippen LogP contribution in [-0.4, -0.2) is 36.5 Å². The molecule has 0 saturated carbocycles. The number of likely N-dealkylation sites (tertiary alicyclic amines) is 1. The Kier molecular flexibility index (Phi) is 6.99. The summed E-state index contributed by atoms with van der Waals surface area (Å²) in [5.74, 6) is 0.0661. The minimum atomic E-state index is 0. The van der Waals surface area contributed by atoms with E-state index in [0.717, 1.165) is 38.0 Å². The number of benzene rings is 1. The predicted molar refractivity (Wildman–Crippen MR) is 85.3 cm³/mol. The van der Waals surface area contributed by atoms with E-state index in [1.807, 2.05) is 18.2 Å². The molecular formula is C15H24ClN3O. The van der Waals surface area contributed by atoms with E-state index in [1.165, 1.54) is 5.56 Å². The lowest BCUT2D eigenvalue weighted by Crippen LogP contribution is -2.43. The predicted octanol–water partition coefficient (Wildman–Crippen LogP) is 2.03. The number of nitrogens with one attached hydrogen (secondary N) is 1. The number of amides is 1. The fourth-order valence-corrected chi connectivity index (χ4v) is 2.45. The molecule has 0 spiro atoms. The van der Waals surface area contributed by atoms with E-state index in [1.54, 1.807) is 0 Å². The Balaban J connectivity index is 0.00000200. The van der Waals surface area contributed by atoms with Crippen LogP contribution in [0.25, 0.3) is 0 Å². The Morgan fingerprint density at radius 3 is 2.65 bits per heavy atom. The molecule has 20 heavy (non-hydrogen) atoms. The van der Waals surface area contributed by atoms with E-state index in [4.69, 9.17) is 5.73 Å². The maximum Gasteiger partial charge on any atom is 0.238 e. The van der Waals surface area contributed by atoms with Gasteiger partial charge in [0.25, 0.3) is 0 Å². The van der Waals surface area contributed by atoms with Crippen LogP contribution in [0.3, 0.4) is 0 Å². The first kappa shape index (κ1) is 17.0. The molecule has 1 amide bonds. The average molecular weight is 298 g/mol. The van der Waals surface area contributed by atoms with E-state index >= 15 is 0 Å². The third-order valence-corrected chi connectivity index (χ3v) is 3.67. The first-order chi connectivity index (χ1) is 9.19. The Morgan fingerprint density at radius 2 is 2.00 bits per heavy atom. The van der Waals surface area contributed by atoms with Crippen LogP contribution in [0.15, 0.2) is 24.3 Å². The second-order valence-corrected chi connectivity index (χ2v) is 5.17. The summed E-state index contributed by atoms with van der Waals surface area (Å²) in [6.07, 6.45) is 2.90. The van der Waals surface area contributed by atoms with Gasteiger partial charge in [0.2, 0.25) is 5.91 Å². The summed E-state index contributed by atoms with van der Waals surface area (Å²) >= 11 is 0. The van der Waals surface area contributed by atoms with Gasteiger partial charge in [-0.05, 0) is 30.9 Å². The van der Waals surface area contributed by atoms with Crippen LogP contribution in [0.2, 0.25) is 0 Å². The molecule has 0 unspecified atom stereocenters. The van der Waals surface area contributed by atoms with Gasteiger partial charge in [-0.15, -0.1) is 12.4 Å². The number of carbonyl (C=O) groups is 1. The quantitative estimate of drug-likeness (QED) is 0.894. The second-order valence-electron chi connectivity index (χ2n) is 5.17. The molecule has 2 rings (SSSR count). The van der Waals surface area contributed by atoms with Crippen molar-refractivity contribution in [2.75, 3.05) is 25.0 Å². The van der Waals surface area contributed by atoms with Gasteiger partial charge in [0.05, 0.1) is 6.54 Å². The van der Waals surface area contributed by atoms with Crippen LogP contribution < -0.4 is 11.1 Å². The molecule has 3 N–H and O–H groups in total. The number of para-hydroxylation sites is 1. The summed E-state index contributed by atoms with van der Waals surface area (Å²) in [5, 5.41) is 3.01. The summed E-state index contributed by atoms with van der Waals surface area (Å²) in [6.45, 7) is 4.40. The number of nitrogens with two attached hydrogens (primary N) is 1. The van der Waals surface area contributed by atoms with Crippen LogP contribution in [-0.2, 0) is 11.2 Å². The minimum absolute atomic E-state index is 0. The monoisotopic (exact) mass is 297 g/mol. The Morgan fingerprint density at radius 1 is 1.35 bits per heavy atom. The van der Waals surface area contributed by atoms with Gasteiger partial charge in [0.15, 0.2) is 0 Å². The number of piperidine rings is 1. The number of hydrogen-bond donors (Lipinski definition) is 2. The molecule has 1 aromatic carbocycles. The van der Waals surface area contributed by atoms with Crippen molar-refractivity contribution in [2.45, 2.75) is 32.2 Å². The highest BCUT2D eigenvalue weighted by molar-refractivity contribution is 5.93. The molecule has 0 bridgehead atoms.